The Morgan fingerprint density at radius 3 is 2.63 bits per heavy atom. The van der Waals surface area contributed by atoms with Gasteiger partial charge in [-0.2, -0.15) is 8.42 Å². The smallest absolute Gasteiger partial charge is 0.336 e. The fourth-order valence-electron chi connectivity index (χ4n) is 3.67. The number of carboxylic acid groups (broad SMARTS) is 1. The number of aryl methyl sites for hydroxylation is 2. The lowest BCUT2D eigenvalue weighted by Crippen LogP contribution is -2.17. The molecule has 140 valence electrons. The standard InChI is InChI=1S/C20H19NO5S/c1-12-8-10-13(11-9-12)27(24,25)26-17-7-3-4-14-18-15(20(22)23)5-2-6-16(18)21-19(14)17/h2,5-6,8-11,17,21H,3-4,7H2,1H3,(H,22,23). The van der Waals surface area contributed by atoms with E-state index in [9.17, 15) is 18.3 Å². The molecule has 0 aliphatic heterocycles. The van der Waals surface area contributed by atoms with Crippen LogP contribution in [0.15, 0.2) is 47.4 Å². The third-order valence-electron chi connectivity index (χ3n) is 4.96. The summed E-state index contributed by atoms with van der Waals surface area (Å²) < 4.78 is 30.9. The van der Waals surface area contributed by atoms with Crippen molar-refractivity contribution in [3.63, 3.8) is 0 Å². The van der Waals surface area contributed by atoms with E-state index in [1.165, 1.54) is 12.1 Å². The summed E-state index contributed by atoms with van der Waals surface area (Å²) in [6.45, 7) is 1.88. The van der Waals surface area contributed by atoms with Gasteiger partial charge in [0.1, 0.15) is 6.10 Å². The summed E-state index contributed by atoms with van der Waals surface area (Å²) in [6, 6.07) is 11.5. The molecule has 0 amide bonds. The second-order valence-corrected chi connectivity index (χ2v) is 8.37. The zero-order valence-electron chi connectivity index (χ0n) is 14.7. The Bertz CT molecular complexity index is 1130. The molecule has 0 fully saturated rings. The van der Waals surface area contributed by atoms with E-state index < -0.39 is 22.2 Å². The summed E-state index contributed by atoms with van der Waals surface area (Å²) in [4.78, 5) is 14.9. The van der Waals surface area contributed by atoms with E-state index in [1.807, 2.05) is 6.92 Å². The number of carboxylic acids is 1. The predicted octanol–water partition coefficient (Wildman–Crippen LogP) is 3.96. The van der Waals surface area contributed by atoms with Crippen molar-refractivity contribution in [2.24, 2.45) is 0 Å². The molecule has 0 saturated carbocycles. The molecule has 7 heteroatoms. The fourth-order valence-corrected chi connectivity index (χ4v) is 4.75. The van der Waals surface area contributed by atoms with E-state index in [0.717, 1.165) is 17.5 Å². The zero-order chi connectivity index (χ0) is 19.2. The van der Waals surface area contributed by atoms with Crippen LogP contribution in [0, 0.1) is 6.92 Å². The Balaban J connectivity index is 1.76. The van der Waals surface area contributed by atoms with E-state index in [1.54, 1.807) is 30.3 Å². The Hall–Kier alpha value is -2.64. The van der Waals surface area contributed by atoms with Crippen molar-refractivity contribution in [3.05, 3.63) is 64.8 Å². The Labute approximate surface area is 156 Å². The molecule has 2 N–H and O–H groups in total. The van der Waals surface area contributed by atoms with Crippen molar-refractivity contribution >= 4 is 27.0 Å². The van der Waals surface area contributed by atoms with E-state index in [4.69, 9.17) is 4.18 Å². The van der Waals surface area contributed by atoms with Crippen LogP contribution in [-0.4, -0.2) is 24.5 Å². The van der Waals surface area contributed by atoms with Crippen molar-refractivity contribution in [2.75, 3.05) is 0 Å². The summed E-state index contributed by atoms with van der Waals surface area (Å²) in [5, 5.41) is 10.1. The maximum atomic E-state index is 12.7. The Morgan fingerprint density at radius 2 is 1.93 bits per heavy atom. The van der Waals surface area contributed by atoms with Crippen LogP contribution in [0.3, 0.4) is 0 Å². The van der Waals surface area contributed by atoms with Gasteiger partial charge in [0.15, 0.2) is 0 Å². The molecule has 1 aliphatic rings. The largest absolute Gasteiger partial charge is 0.478 e. The van der Waals surface area contributed by atoms with Gasteiger partial charge in [0, 0.05) is 10.9 Å². The number of aromatic amines is 1. The third-order valence-corrected chi connectivity index (χ3v) is 6.29. The molecule has 4 rings (SSSR count). The number of nitrogens with one attached hydrogen (secondary N) is 1. The topological polar surface area (TPSA) is 96.5 Å². The number of benzene rings is 2. The van der Waals surface area contributed by atoms with Crippen LogP contribution in [0.2, 0.25) is 0 Å². The third kappa shape index (κ3) is 3.13. The first-order chi connectivity index (χ1) is 12.9. The number of hydrogen-bond donors (Lipinski definition) is 2. The van der Waals surface area contributed by atoms with Crippen molar-refractivity contribution in [1.82, 2.24) is 4.98 Å². The van der Waals surface area contributed by atoms with Gasteiger partial charge in [-0.1, -0.05) is 23.8 Å². The van der Waals surface area contributed by atoms with Crippen LogP contribution >= 0.6 is 0 Å². The number of carbonyl (C=O) groups is 1. The van der Waals surface area contributed by atoms with E-state index >= 15 is 0 Å². The number of aromatic carboxylic acids is 1. The van der Waals surface area contributed by atoms with E-state index in [-0.39, 0.29) is 10.5 Å². The fraction of sp³-hybridized carbons (Fsp3) is 0.250. The first-order valence-electron chi connectivity index (χ1n) is 8.73. The minimum absolute atomic E-state index is 0.113. The average molecular weight is 385 g/mol. The van der Waals surface area contributed by atoms with Gasteiger partial charge in [0.05, 0.1) is 16.2 Å². The molecular weight excluding hydrogens is 366 g/mol. The molecule has 0 radical (unpaired) electrons. The van der Waals surface area contributed by atoms with Gasteiger partial charge in [0.25, 0.3) is 10.1 Å². The summed E-state index contributed by atoms with van der Waals surface area (Å²) >= 11 is 0. The molecule has 3 aromatic rings. The lowest BCUT2D eigenvalue weighted by molar-refractivity contribution is 0.0699. The van der Waals surface area contributed by atoms with Crippen LogP contribution in [0.4, 0.5) is 0 Å². The van der Waals surface area contributed by atoms with Crippen molar-refractivity contribution in [2.45, 2.75) is 37.2 Å². The molecule has 1 atom stereocenters. The minimum atomic E-state index is -3.92. The quantitative estimate of drug-likeness (QED) is 0.663. The van der Waals surface area contributed by atoms with Crippen molar-refractivity contribution in [1.29, 1.82) is 0 Å². The summed E-state index contributed by atoms with van der Waals surface area (Å²) in [5.74, 6) is -1.00. The van der Waals surface area contributed by atoms with Crippen molar-refractivity contribution in [3.8, 4) is 0 Å². The monoisotopic (exact) mass is 385 g/mol. The molecule has 1 aliphatic carbocycles. The van der Waals surface area contributed by atoms with Gasteiger partial charge in [-0.15, -0.1) is 0 Å². The molecule has 0 saturated heterocycles. The average Bonchev–Trinajstić information content (AvgIpc) is 3.01. The summed E-state index contributed by atoms with van der Waals surface area (Å²) in [5.41, 5.74) is 3.35. The molecule has 2 aromatic carbocycles. The molecule has 1 unspecified atom stereocenters. The zero-order valence-corrected chi connectivity index (χ0v) is 15.5. The van der Waals surface area contributed by atoms with Crippen molar-refractivity contribution < 1.29 is 22.5 Å². The number of hydrogen-bond acceptors (Lipinski definition) is 4. The first-order valence-corrected chi connectivity index (χ1v) is 10.1. The Morgan fingerprint density at radius 1 is 1.19 bits per heavy atom. The van der Waals surface area contributed by atoms with Gasteiger partial charge in [-0.3, -0.25) is 4.18 Å². The highest BCUT2D eigenvalue weighted by atomic mass is 32.2. The lowest BCUT2D eigenvalue weighted by Gasteiger charge is -2.22. The lowest BCUT2D eigenvalue weighted by atomic mass is 9.92. The van der Waals surface area contributed by atoms with E-state index in [0.29, 0.717) is 29.4 Å². The molecule has 0 spiro atoms. The van der Waals surface area contributed by atoms with Crippen LogP contribution in [0.5, 0.6) is 0 Å². The molecule has 6 nitrogen and oxygen atoms in total. The second-order valence-electron chi connectivity index (χ2n) is 6.79. The molecule has 1 heterocycles. The molecule has 27 heavy (non-hydrogen) atoms. The van der Waals surface area contributed by atoms with Gasteiger partial charge >= 0.3 is 5.97 Å². The Kier molecular flexibility index (Phi) is 4.28. The highest BCUT2D eigenvalue weighted by Gasteiger charge is 2.31. The highest BCUT2D eigenvalue weighted by molar-refractivity contribution is 7.86. The maximum Gasteiger partial charge on any atom is 0.336 e. The normalized spacial score (nSPS) is 17.0. The minimum Gasteiger partial charge on any atom is -0.478 e. The SMILES string of the molecule is Cc1ccc(S(=O)(=O)OC2CCCc3c2[nH]c2cccc(C(=O)O)c32)cc1. The number of H-pyrrole nitrogens is 1. The van der Waals surface area contributed by atoms with Gasteiger partial charge in [-0.05, 0) is 56.0 Å². The van der Waals surface area contributed by atoms with Crippen LogP contribution in [-0.2, 0) is 20.7 Å². The number of rotatable bonds is 4. The van der Waals surface area contributed by atoms with Gasteiger partial charge in [-0.25, -0.2) is 4.79 Å². The summed E-state index contributed by atoms with van der Waals surface area (Å²) in [6.07, 6.45) is 1.30. The van der Waals surface area contributed by atoms with Crippen LogP contribution < -0.4 is 0 Å². The first kappa shape index (κ1) is 17.8. The number of fused-ring (bicyclic) bond motifs is 3. The summed E-state index contributed by atoms with van der Waals surface area (Å²) in [7, 11) is -3.92. The maximum absolute atomic E-state index is 12.7. The molecular formula is C20H19NO5S. The molecule has 0 bridgehead atoms. The number of aromatic nitrogens is 1. The molecule has 1 aromatic heterocycles. The predicted molar refractivity (Wildman–Crippen MR) is 100 cm³/mol. The second kappa shape index (κ2) is 6.51. The van der Waals surface area contributed by atoms with Gasteiger partial charge < -0.3 is 10.1 Å². The van der Waals surface area contributed by atoms with E-state index in [2.05, 4.69) is 4.98 Å². The van der Waals surface area contributed by atoms with Gasteiger partial charge in [0.2, 0.25) is 0 Å². The highest BCUT2D eigenvalue weighted by Crippen LogP contribution is 2.39. The van der Waals surface area contributed by atoms with Crippen LogP contribution in [0.1, 0.15) is 46.1 Å². The van der Waals surface area contributed by atoms with Crippen LogP contribution in [0.25, 0.3) is 10.9 Å².